The Kier molecular flexibility index (Phi) is 4.74. The lowest BCUT2D eigenvalue weighted by Crippen LogP contribution is -2.03. The van der Waals surface area contributed by atoms with Crippen molar-refractivity contribution in [3.8, 4) is 0 Å². The number of nitrogens with two attached hydrogens (primary N) is 1. The normalized spacial score (nSPS) is 10.6. The number of benzene rings is 1. The molecule has 0 amide bonds. The molecule has 0 aliphatic rings. The van der Waals surface area contributed by atoms with E-state index in [1.165, 1.54) is 11.8 Å². The highest BCUT2D eigenvalue weighted by atomic mass is 35.5. The van der Waals surface area contributed by atoms with E-state index in [0.29, 0.717) is 28.3 Å². The molecule has 1 aromatic heterocycles. The highest BCUT2D eigenvalue weighted by molar-refractivity contribution is 7.98. The monoisotopic (exact) mass is 314 g/mol. The van der Waals surface area contributed by atoms with Gasteiger partial charge in [-0.15, -0.1) is 16.8 Å². The summed E-state index contributed by atoms with van der Waals surface area (Å²) in [5.41, 5.74) is 6.79. The molecule has 2 N–H and O–H groups in total. The largest absolute Gasteiger partial charge is 0.368 e. The SMILES string of the molecule is C=CCn1c(N)nnc1SCc1ccc(Cl)c(Cl)c1. The van der Waals surface area contributed by atoms with Crippen LogP contribution in [0.3, 0.4) is 0 Å². The molecule has 0 spiro atoms. The number of thioether (sulfide) groups is 1. The molecule has 0 saturated carbocycles. The molecule has 1 heterocycles. The third-order valence-electron chi connectivity index (χ3n) is 2.41. The van der Waals surface area contributed by atoms with Gasteiger partial charge >= 0.3 is 0 Å². The summed E-state index contributed by atoms with van der Waals surface area (Å²) >= 11 is 13.4. The fourth-order valence-electron chi connectivity index (χ4n) is 1.48. The van der Waals surface area contributed by atoms with Gasteiger partial charge in [0.1, 0.15) is 0 Å². The van der Waals surface area contributed by atoms with Gasteiger partial charge in [0.15, 0.2) is 5.16 Å². The van der Waals surface area contributed by atoms with Crippen LogP contribution in [-0.2, 0) is 12.3 Å². The second-order valence-electron chi connectivity index (χ2n) is 3.78. The molecule has 0 bridgehead atoms. The number of nitrogens with zero attached hydrogens (tertiary/aromatic N) is 3. The van der Waals surface area contributed by atoms with Crippen LogP contribution in [0.2, 0.25) is 10.0 Å². The zero-order valence-electron chi connectivity index (χ0n) is 10.0. The van der Waals surface area contributed by atoms with Gasteiger partial charge in [0.05, 0.1) is 10.0 Å². The molecule has 100 valence electrons. The zero-order valence-corrected chi connectivity index (χ0v) is 12.3. The van der Waals surface area contributed by atoms with Crippen LogP contribution in [0.15, 0.2) is 36.0 Å². The van der Waals surface area contributed by atoms with E-state index in [0.717, 1.165) is 10.7 Å². The Balaban J connectivity index is 2.09. The molecule has 0 saturated heterocycles. The average molecular weight is 315 g/mol. The summed E-state index contributed by atoms with van der Waals surface area (Å²) in [6.45, 7) is 4.27. The lowest BCUT2D eigenvalue weighted by atomic mass is 10.2. The summed E-state index contributed by atoms with van der Waals surface area (Å²) in [5.74, 6) is 1.10. The molecule has 0 atom stereocenters. The minimum atomic E-state index is 0.386. The van der Waals surface area contributed by atoms with E-state index in [1.54, 1.807) is 16.7 Å². The van der Waals surface area contributed by atoms with Crippen molar-refractivity contribution in [3.63, 3.8) is 0 Å². The van der Waals surface area contributed by atoms with Crippen molar-refractivity contribution in [2.75, 3.05) is 5.73 Å². The number of allylic oxidation sites excluding steroid dienone is 1. The van der Waals surface area contributed by atoms with Crippen molar-refractivity contribution >= 4 is 40.9 Å². The first-order chi connectivity index (χ1) is 9.11. The van der Waals surface area contributed by atoms with Crippen molar-refractivity contribution in [1.82, 2.24) is 14.8 Å². The van der Waals surface area contributed by atoms with Gasteiger partial charge in [-0.25, -0.2) is 0 Å². The Labute approximate surface area is 125 Å². The Morgan fingerprint density at radius 1 is 1.32 bits per heavy atom. The molecular weight excluding hydrogens is 303 g/mol. The maximum absolute atomic E-state index is 5.97. The predicted octanol–water partition coefficient (Wildman–Crippen LogP) is 3.65. The highest BCUT2D eigenvalue weighted by Crippen LogP contribution is 2.27. The van der Waals surface area contributed by atoms with E-state index in [1.807, 2.05) is 12.1 Å². The van der Waals surface area contributed by atoms with Crippen molar-refractivity contribution < 1.29 is 0 Å². The molecule has 7 heteroatoms. The van der Waals surface area contributed by atoms with E-state index >= 15 is 0 Å². The first-order valence-corrected chi connectivity index (χ1v) is 7.22. The standard InChI is InChI=1S/C12H12Cl2N4S/c1-2-5-18-11(15)16-17-12(18)19-7-8-3-4-9(13)10(14)6-8/h2-4,6H,1,5,7H2,(H2,15,16). The molecule has 2 aromatic rings. The minimum Gasteiger partial charge on any atom is -0.368 e. The van der Waals surface area contributed by atoms with Gasteiger partial charge in [-0.1, -0.05) is 47.1 Å². The molecule has 0 aliphatic carbocycles. The first-order valence-electron chi connectivity index (χ1n) is 5.48. The third-order valence-corrected chi connectivity index (χ3v) is 4.19. The zero-order chi connectivity index (χ0) is 13.8. The number of anilines is 1. The second-order valence-corrected chi connectivity index (χ2v) is 5.53. The van der Waals surface area contributed by atoms with Gasteiger partial charge in [-0.3, -0.25) is 4.57 Å². The molecule has 1 aromatic carbocycles. The minimum absolute atomic E-state index is 0.386. The third kappa shape index (κ3) is 3.43. The fourth-order valence-corrected chi connectivity index (χ4v) is 2.70. The van der Waals surface area contributed by atoms with E-state index in [9.17, 15) is 0 Å². The van der Waals surface area contributed by atoms with E-state index < -0.39 is 0 Å². The molecule has 0 radical (unpaired) electrons. The number of aromatic nitrogens is 3. The Hall–Kier alpha value is -1.17. The number of hydrogen-bond donors (Lipinski definition) is 1. The van der Waals surface area contributed by atoms with Crippen LogP contribution < -0.4 is 5.73 Å². The highest BCUT2D eigenvalue weighted by Gasteiger charge is 2.09. The Morgan fingerprint density at radius 2 is 2.11 bits per heavy atom. The number of nitrogen functional groups attached to an aromatic ring is 1. The Bertz CT molecular complexity index is 597. The lowest BCUT2D eigenvalue weighted by molar-refractivity contribution is 0.733. The summed E-state index contributed by atoms with van der Waals surface area (Å²) < 4.78 is 1.80. The van der Waals surface area contributed by atoms with Gasteiger partial charge in [0.25, 0.3) is 0 Å². The average Bonchev–Trinajstić information content (AvgIpc) is 2.73. The maximum Gasteiger partial charge on any atom is 0.222 e. The first kappa shape index (κ1) is 14.2. The van der Waals surface area contributed by atoms with E-state index in [-0.39, 0.29) is 0 Å². The lowest BCUT2D eigenvalue weighted by Gasteiger charge is -2.05. The molecule has 2 rings (SSSR count). The Morgan fingerprint density at radius 3 is 2.79 bits per heavy atom. The fraction of sp³-hybridized carbons (Fsp3) is 0.167. The number of halogens is 2. The molecule has 0 unspecified atom stereocenters. The summed E-state index contributed by atoms with van der Waals surface area (Å²) in [5, 5.41) is 9.74. The van der Waals surface area contributed by atoms with Crippen LogP contribution in [0.5, 0.6) is 0 Å². The van der Waals surface area contributed by atoms with Crippen molar-refractivity contribution in [2.24, 2.45) is 0 Å². The van der Waals surface area contributed by atoms with Crippen LogP contribution in [0.4, 0.5) is 5.95 Å². The van der Waals surface area contributed by atoms with Gasteiger partial charge in [-0.05, 0) is 17.7 Å². The van der Waals surface area contributed by atoms with Gasteiger partial charge < -0.3 is 5.73 Å². The molecule has 0 fully saturated rings. The summed E-state index contributed by atoms with van der Waals surface area (Å²) in [6, 6.07) is 5.55. The van der Waals surface area contributed by atoms with Crippen LogP contribution in [0, 0.1) is 0 Å². The molecule has 19 heavy (non-hydrogen) atoms. The summed E-state index contributed by atoms with van der Waals surface area (Å²) in [6.07, 6.45) is 1.75. The van der Waals surface area contributed by atoms with E-state index in [4.69, 9.17) is 28.9 Å². The molecule has 4 nitrogen and oxygen atoms in total. The smallest absolute Gasteiger partial charge is 0.222 e. The maximum atomic E-state index is 5.97. The molecule has 0 aliphatic heterocycles. The topological polar surface area (TPSA) is 56.7 Å². The molecular formula is C12H12Cl2N4S. The predicted molar refractivity (Wildman–Crippen MR) is 80.7 cm³/mol. The van der Waals surface area contributed by atoms with Crippen LogP contribution in [-0.4, -0.2) is 14.8 Å². The quantitative estimate of drug-likeness (QED) is 0.676. The van der Waals surface area contributed by atoms with E-state index in [2.05, 4.69) is 16.8 Å². The van der Waals surface area contributed by atoms with Crippen molar-refractivity contribution in [2.45, 2.75) is 17.5 Å². The number of rotatable bonds is 5. The van der Waals surface area contributed by atoms with Gasteiger partial charge in [0, 0.05) is 12.3 Å². The van der Waals surface area contributed by atoms with Gasteiger partial charge in [-0.2, -0.15) is 0 Å². The van der Waals surface area contributed by atoms with Crippen molar-refractivity contribution in [3.05, 3.63) is 46.5 Å². The van der Waals surface area contributed by atoms with Crippen molar-refractivity contribution in [1.29, 1.82) is 0 Å². The van der Waals surface area contributed by atoms with Crippen LogP contribution >= 0.6 is 35.0 Å². The second kappa shape index (κ2) is 6.32. The van der Waals surface area contributed by atoms with Crippen LogP contribution in [0.1, 0.15) is 5.56 Å². The summed E-state index contributed by atoms with van der Waals surface area (Å²) in [4.78, 5) is 0. The number of hydrogen-bond acceptors (Lipinski definition) is 4. The van der Waals surface area contributed by atoms with Crippen LogP contribution in [0.25, 0.3) is 0 Å². The van der Waals surface area contributed by atoms with Gasteiger partial charge in [0.2, 0.25) is 5.95 Å². The summed E-state index contributed by atoms with van der Waals surface area (Å²) in [7, 11) is 0.